The molecule has 0 unspecified atom stereocenters. The predicted octanol–water partition coefficient (Wildman–Crippen LogP) is 5.19. The van der Waals surface area contributed by atoms with Crippen LogP contribution < -0.4 is 4.74 Å². The number of hydrogen-bond donors (Lipinski definition) is 0. The van der Waals surface area contributed by atoms with Crippen LogP contribution in [-0.2, 0) is 5.41 Å². The third-order valence-electron chi connectivity index (χ3n) is 2.14. The Hall–Kier alpha value is -0.980. The Morgan fingerprint density at radius 3 is 1.47 bits per heavy atom. The summed E-state index contributed by atoms with van der Waals surface area (Å²) >= 11 is 0. The van der Waals surface area contributed by atoms with Crippen molar-refractivity contribution in [1.29, 1.82) is 0 Å². The Bertz CT molecular complexity index is 309. The van der Waals surface area contributed by atoms with Crippen LogP contribution >= 0.6 is 0 Å². The first-order chi connectivity index (χ1) is 7.68. The zero-order valence-corrected chi connectivity index (χ0v) is 12.7. The molecule has 1 heteroatoms. The van der Waals surface area contributed by atoms with Crippen LogP contribution in [0.3, 0.4) is 0 Å². The molecule has 0 saturated carbocycles. The standard InChI is InChI=1S/C14H22O.C2H6/c1-13(2,3)11-7-9-12(10-8-11)15-14(4,5)6;1-2/h7-10H,1-6H3;1-2H3. The van der Waals surface area contributed by atoms with Crippen molar-refractivity contribution in [2.24, 2.45) is 0 Å². The second-order valence-corrected chi connectivity index (χ2v) is 5.99. The molecule has 0 N–H and O–H groups in total. The van der Waals surface area contributed by atoms with Crippen molar-refractivity contribution in [2.45, 2.75) is 66.4 Å². The second kappa shape index (κ2) is 6.09. The van der Waals surface area contributed by atoms with Crippen LogP contribution in [0.4, 0.5) is 0 Å². The van der Waals surface area contributed by atoms with Crippen LogP contribution in [0.25, 0.3) is 0 Å². The summed E-state index contributed by atoms with van der Waals surface area (Å²) in [6.07, 6.45) is 0. The highest BCUT2D eigenvalue weighted by Gasteiger charge is 2.15. The third kappa shape index (κ3) is 6.35. The molecular weight excluding hydrogens is 208 g/mol. The minimum atomic E-state index is -0.122. The molecule has 0 aromatic heterocycles. The number of ether oxygens (including phenoxy) is 1. The zero-order valence-electron chi connectivity index (χ0n) is 12.7. The monoisotopic (exact) mass is 236 g/mol. The van der Waals surface area contributed by atoms with Crippen molar-refractivity contribution in [3.05, 3.63) is 29.8 Å². The fraction of sp³-hybridized carbons (Fsp3) is 0.625. The van der Waals surface area contributed by atoms with Gasteiger partial charge < -0.3 is 4.74 Å². The summed E-state index contributed by atoms with van der Waals surface area (Å²) < 4.78 is 5.77. The average molecular weight is 236 g/mol. The van der Waals surface area contributed by atoms with E-state index in [1.807, 2.05) is 26.0 Å². The molecule has 0 heterocycles. The molecule has 0 aliphatic carbocycles. The quantitative estimate of drug-likeness (QED) is 0.652. The van der Waals surface area contributed by atoms with E-state index in [9.17, 15) is 0 Å². The largest absolute Gasteiger partial charge is 0.488 e. The molecule has 0 amide bonds. The molecule has 0 aliphatic heterocycles. The first-order valence-corrected chi connectivity index (χ1v) is 6.48. The highest BCUT2D eigenvalue weighted by Crippen LogP contribution is 2.25. The second-order valence-electron chi connectivity index (χ2n) is 5.99. The summed E-state index contributed by atoms with van der Waals surface area (Å²) in [4.78, 5) is 0. The van der Waals surface area contributed by atoms with Gasteiger partial charge in [0.05, 0.1) is 0 Å². The molecule has 0 saturated heterocycles. The van der Waals surface area contributed by atoms with E-state index in [2.05, 4.69) is 53.7 Å². The van der Waals surface area contributed by atoms with E-state index in [0.717, 1.165) is 5.75 Å². The smallest absolute Gasteiger partial charge is 0.120 e. The Labute approximate surface area is 107 Å². The Morgan fingerprint density at radius 1 is 0.765 bits per heavy atom. The van der Waals surface area contributed by atoms with Gasteiger partial charge in [0, 0.05) is 0 Å². The van der Waals surface area contributed by atoms with E-state index in [-0.39, 0.29) is 11.0 Å². The molecular formula is C16H28O. The lowest BCUT2D eigenvalue weighted by molar-refractivity contribution is 0.131. The van der Waals surface area contributed by atoms with Gasteiger partial charge in [-0.3, -0.25) is 0 Å². The van der Waals surface area contributed by atoms with E-state index < -0.39 is 0 Å². The Balaban J connectivity index is 0.00000121. The molecule has 1 rings (SSSR count). The number of benzene rings is 1. The average Bonchev–Trinajstić information content (AvgIpc) is 2.17. The first-order valence-electron chi connectivity index (χ1n) is 6.48. The van der Waals surface area contributed by atoms with Gasteiger partial charge in [-0.05, 0) is 43.9 Å². The minimum absolute atomic E-state index is 0.122. The van der Waals surface area contributed by atoms with Gasteiger partial charge >= 0.3 is 0 Å². The molecule has 0 bridgehead atoms. The summed E-state index contributed by atoms with van der Waals surface area (Å²) in [5.74, 6) is 0.940. The van der Waals surface area contributed by atoms with Gasteiger partial charge in [-0.25, -0.2) is 0 Å². The summed E-state index contributed by atoms with van der Waals surface area (Å²) in [6, 6.07) is 8.37. The minimum Gasteiger partial charge on any atom is -0.488 e. The van der Waals surface area contributed by atoms with Crippen molar-refractivity contribution in [3.63, 3.8) is 0 Å². The van der Waals surface area contributed by atoms with Gasteiger partial charge in [-0.2, -0.15) is 0 Å². The number of hydrogen-bond acceptors (Lipinski definition) is 1. The molecule has 98 valence electrons. The molecule has 0 spiro atoms. The fourth-order valence-electron chi connectivity index (χ4n) is 1.38. The lowest BCUT2D eigenvalue weighted by Crippen LogP contribution is -2.23. The van der Waals surface area contributed by atoms with E-state index in [1.54, 1.807) is 0 Å². The van der Waals surface area contributed by atoms with Gasteiger partial charge in [0.1, 0.15) is 11.4 Å². The van der Waals surface area contributed by atoms with Crippen molar-refractivity contribution in [3.8, 4) is 5.75 Å². The van der Waals surface area contributed by atoms with Crippen LogP contribution in [0.15, 0.2) is 24.3 Å². The molecule has 0 fully saturated rings. The van der Waals surface area contributed by atoms with Gasteiger partial charge in [-0.15, -0.1) is 0 Å². The maximum atomic E-state index is 5.77. The van der Waals surface area contributed by atoms with E-state index >= 15 is 0 Å². The van der Waals surface area contributed by atoms with Crippen LogP contribution in [-0.4, -0.2) is 5.60 Å². The van der Waals surface area contributed by atoms with Gasteiger partial charge in [0.2, 0.25) is 0 Å². The summed E-state index contributed by atoms with van der Waals surface area (Å²) in [7, 11) is 0. The van der Waals surface area contributed by atoms with Crippen LogP contribution in [0.5, 0.6) is 5.75 Å². The van der Waals surface area contributed by atoms with Crippen LogP contribution in [0.2, 0.25) is 0 Å². The fourth-order valence-corrected chi connectivity index (χ4v) is 1.38. The van der Waals surface area contributed by atoms with E-state index in [0.29, 0.717) is 0 Å². The maximum Gasteiger partial charge on any atom is 0.120 e. The van der Waals surface area contributed by atoms with E-state index in [1.165, 1.54) is 5.56 Å². The lowest BCUT2D eigenvalue weighted by atomic mass is 9.87. The first kappa shape index (κ1) is 16.0. The summed E-state index contributed by atoms with van der Waals surface area (Å²) in [5, 5.41) is 0. The summed E-state index contributed by atoms with van der Waals surface area (Å²) in [6.45, 7) is 16.8. The normalized spacial score (nSPS) is 11.5. The van der Waals surface area contributed by atoms with Crippen molar-refractivity contribution >= 4 is 0 Å². The highest BCUT2D eigenvalue weighted by molar-refractivity contribution is 5.31. The predicted molar refractivity (Wildman–Crippen MR) is 76.9 cm³/mol. The molecule has 1 aromatic rings. The molecule has 0 radical (unpaired) electrons. The third-order valence-corrected chi connectivity index (χ3v) is 2.14. The van der Waals surface area contributed by atoms with Gasteiger partial charge in [0.15, 0.2) is 0 Å². The van der Waals surface area contributed by atoms with Gasteiger partial charge in [-0.1, -0.05) is 46.8 Å². The molecule has 0 aliphatic rings. The van der Waals surface area contributed by atoms with Crippen LogP contribution in [0.1, 0.15) is 61.0 Å². The summed E-state index contributed by atoms with van der Waals surface area (Å²) in [5.41, 5.74) is 1.42. The lowest BCUT2D eigenvalue weighted by Gasteiger charge is -2.23. The molecule has 1 nitrogen and oxygen atoms in total. The highest BCUT2D eigenvalue weighted by atomic mass is 16.5. The van der Waals surface area contributed by atoms with Gasteiger partial charge in [0.25, 0.3) is 0 Å². The van der Waals surface area contributed by atoms with Crippen molar-refractivity contribution in [2.75, 3.05) is 0 Å². The van der Waals surface area contributed by atoms with Crippen molar-refractivity contribution in [1.82, 2.24) is 0 Å². The van der Waals surface area contributed by atoms with E-state index in [4.69, 9.17) is 4.74 Å². The number of rotatable bonds is 1. The molecule has 1 aromatic carbocycles. The zero-order chi connectivity index (χ0) is 13.7. The Morgan fingerprint density at radius 2 is 1.18 bits per heavy atom. The molecule has 17 heavy (non-hydrogen) atoms. The topological polar surface area (TPSA) is 9.23 Å². The SMILES string of the molecule is CC.CC(C)(C)Oc1ccc(C(C)(C)C)cc1. The molecule has 0 atom stereocenters. The van der Waals surface area contributed by atoms with Crippen molar-refractivity contribution < 1.29 is 4.74 Å². The Kier molecular flexibility index (Phi) is 5.74. The van der Waals surface area contributed by atoms with Crippen LogP contribution in [0, 0.1) is 0 Å². The maximum absolute atomic E-state index is 5.77.